The Morgan fingerprint density at radius 2 is 1.04 bits per heavy atom. The van der Waals surface area contributed by atoms with Gasteiger partial charge >= 0.3 is 0 Å². The molecule has 1 fully saturated rings. The quantitative estimate of drug-likeness (QED) is 0.522. The average molecular weight is 370 g/mol. The molecule has 5 N–H and O–H groups in total. The predicted octanol–water partition coefficient (Wildman–Crippen LogP) is 0.0700. The number of aliphatic hydroxyl groups is 3. The molecule has 0 spiro atoms. The Kier molecular flexibility index (Phi) is 5.85. The van der Waals surface area contributed by atoms with Crippen LogP contribution in [0.1, 0.15) is 27.1 Å². The van der Waals surface area contributed by atoms with Crippen LogP contribution in [0.4, 0.5) is 0 Å². The molecular weight excluding hydrogens is 348 g/mol. The lowest BCUT2D eigenvalue weighted by Gasteiger charge is -2.41. The summed E-state index contributed by atoms with van der Waals surface area (Å²) in [5.41, 5.74) is 0.824. The van der Waals surface area contributed by atoms with Crippen LogP contribution in [0.2, 0.25) is 0 Å². The smallest absolute Gasteiger partial charge is 0.251 e. The van der Waals surface area contributed by atoms with Crippen molar-refractivity contribution in [2.75, 3.05) is 0 Å². The maximum atomic E-state index is 12.3. The van der Waals surface area contributed by atoms with Crippen LogP contribution in [0.25, 0.3) is 0 Å². The number of rotatable bonds is 4. The third kappa shape index (κ3) is 4.33. The Balaban J connectivity index is 1.70. The van der Waals surface area contributed by atoms with Crippen LogP contribution in [-0.4, -0.2) is 57.5 Å². The van der Waals surface area contributed by atoms with Crippen molar-refractivity contribution < 1.29 is 24.9 Å². The van der Waals surface area contributed by atoms with Crippen molar-refractivity contribution in [2.24, 2.45) is 0 Å². The van der Waals surface area contributed by atoms with Gasteiger partial charge in [-0.2, -0.15) is 0 Å². The van der Waals surface area contributed by atoms with Gasteiger partial charge in [-0.3, -0.25) is 9.59 Å². The highest BCUT2D eigenvalue weighted by atomic mass is 16.4. The van der Waals surface area contributed by atoms with Gasteiger partial charge in [0.15, 0.2) is 0 Å². The SMILES string of the molecule is O=C(N[C@H]1C[C@@H](NC(=O)c2ccccc2)[C@@H](O)C(O)[C@@H]1O)c1ccccc1. The van der Waals surface area contributed by atoms with Gasteiger partial charge in [-0.15, -0.1) is 0 Å². The molecule has 5 atom stereocenters. The molecule has 3 rings (SSSR count). The van der Waals surface area contributed by atoms with Crippen LogP contribution >= 0.6 is 0 Å². The van der Waals surface area contributed by atoms with Crippen molar-refractivity contribution >= 4 is 11.8 Å². The Morgan fingerprint density at radius 1 is 0.667 bits per heavy atom. The Morgan fingerprint density at radius 3 is 1.41 bits per heavy atom. The minimum atomic E-state index is -1.50. The van der Waals surface area contributed by atoms with Gasteiger partial charge in [-0.05, 0) is 30.7 Å². The number of hydrogen-bond donors (Lipinski definition) is 5. The zero-order valence-electron chi connectivity index (χ0n) is 14.5. The summed E-state index contributed by atoms with van der Waals surface area (Å²) in [5.74, 6) is -0.812. The van der Waals surface area contributed by atoms with Crippen molar-refractivity contribution in [3.05, 3.63) is 71.8 Å². The molecule has 0 aliphatic heterocycles. The standard InChI is InChI=1S/C20H22N2O5/c23-16-14(21-19(26)12-7-3-1-4-8-12)11-15(17(24)18(16)25)22-20(27)13-9-5-2-6-10-13/h1-10,14-18,23-25H,11H2,(H,21,26)(H,22,27)/t14-,15+,16-,17-,18?/m1/s1. The molecule has 2 aromatic carbocycles. The van der Waals surface area contributed by atoms with Crippen molar-refractivity contribution in [2.45, 2.75) is 36.8 Å². The third-order valence-corrected chi connectivity index (χ3v) is 4.74. The van der Waals surface area contributed by atoms with E-state index in [9.17, 15) is 24.9 Å². The average Bonchev–Trinajstić information content (AvgIpc) is 2.71. The number of benzene rings is 2. The fourth-order valence-electron chi connectivity index (χ4n) is 3.20. The molecule has 7 heteroatoms. The molecule has 1 saturated carbocycles. The topological polar surface area (TPSA) is 119 Å². The predicted molar refractivity (Wildman–Crippen MR) is 98.0 cm³/mol. The van der Waals surface area contributed by atoms with E-state index in [1.54, 1.807) is 60.7 Å². The van der Waals surface area contributed by atoms with Gasteiger partial charge in [0.1, 0.15) is 18.3 Å². The fourth-order valence-corrected chi connectivity index (χ4v) is 3.20. The van der Waals surface area contributed by atoms with Gasteiger partial charge < -0.3 is 26.0 Å². The lowest BCUT2D eigenvalue weighted by atomic mass is 9.83. The maximum Gasteiger partial charge on any atom is 0.251 e. The van der Waals surface area contributed by atoms with E-state index in [4.69, 9.17) is 0 Å². The fraction of sp³-hybridized carbons (Fsp3) is 0.300. The van der Waals surface area contributed by atoms with E-state index in [1.807, 2.05) is 0 Å². The van der Waals surface area contributed by atoms with Crippen molar-refractivity contribution in [3.63, 3.8) is 0 Å². The number of carbonyl (C=O) groups excluding carboxylic acids is 2. The molecule has 0 aromatic heterocycles. The lowest BCUT2D eigenvalue weighted by molar-refractivity contribution is -0.108. The van der Waals surface area contributed by atoms with Gasteiger partial charge in [-0.1, -0.05) is 36.4 Å². The first-order valence-electron chi connectivity index (χ1n) is 8.73. The zero-order valence-corrected chi connectivity index (χ0v) is 14.5. The monoisotopic (exact) mass is 370 g/mol. The maximum absolute atomic E-state index is 12.3. The first-order valence-corrected chi connectivity index (χ1v) is 8.73. The van der Waals surface area contributed by atoms with Crippen LogP contribution in [0, 0.1) is 0 Å². The molecule has 1 unspecified atom stereocenters. The summed E-state index contributed by atoms with van der Waals surface area (Å²) in [5, 5.41) is 36.0. The molecule has 2 aromatic rings. The molecule has 7 nitrogen and oxygen atoms in total. The summed E-state index contributed by atoms with van der Waals surface area (Å²) in [4.78, 5) is 24.7. The molecule has 27 heavy (non-hydrogen) atoms. The van der Waals surface area contributed by atoms with E-state index in [0.717, 1.165) is 0 Å². The summed E-state index contributed by atoms with van der Waals surface area (Å²) < 4.78 is 0. The largest absolute Gasteiger partial charge is 0.388 e. The van der Waals surface area contributed by atoms with Crippen LogP contribution in [0.15, 0.2) is 60.7 Å². The Bertz CT molecular complexity index is 718. The van der Waals surface area contributed by atoms with Gasteiger partial charge in [0, 0.05) is 11.1 Å². The summed E-state index contributed by atoms with van der Waals surface area (Å²) in [7, 11) is 0. The molecule has 2 amide bonds. The molecule has 0 heterocycles. The van der Waals surface area contributed by atoms with E-state index in [-0.39, 0.29) is 6.42 Å². The van der Waals surface area contributed by atoms with Crippen LogP contribution in [-0.2, 0) is 0 Å². The van der Waals surface area contributed by atoms with E-state index in [1.165, 1.54) is 0 Å². The molecule has 1 aliphatic carbocycles. The normalized spacial score (nSPS) is 27.6. The lowest BCUT2D eigenvalue weighted by Crippen LogP contribution is -2.64. The van der Waals surface area contributed by atoms with Crippen molar-refractivity contribution in [1.82, 2.24) is 10.6 Å². The second kappa shape index (κ2) is 8.30. The highest BCUT2D eigenvalue weighted by Crippen LogP contribution is 2.22. The molecule has 0 bridgehead atoms. The van der Waals surface area contributed by atoms with E-state index < -0.39 is 42.2 Å². The summed E-state index contributed by atoms with van der Waals surface area (Å²) in [6.45, 7) is 0. The van der Waals surface area contributed by atoms with E-state index >= 15 is 0 Å². The minimum Gasteiger partial charge on any atom is -0.388 e. The van der Waals surface area contributed by atoms with Crippen molar-refractivity contribution in [1.29, 1.82) is 0 Å². The molecular formula is C20H22N2O5. The van der Waals surface area contributed by atoms with E-state index in [0.29, 0.717) is 11.1 Å². The minimum absolute atomic E-state index is 0.0799. The number of aliphatic hydroxyl groups excluding tert-OH is 3. The molecule has 0 saturated heterocycles. The van der Waals surface area contributed by atoms with Crippen LogP contribution < -0.4 is 10.6 Å². The first kappa shape index (κ1) is 19.0. The molecule has 1 aliphatic rings. The Hall–Kier alpha value is -2.74. The van der Waals surface area contributed by atoms with Crippen molar-refractivity contribution in [3.8, 4) is 0 Å². The number of hydrogen-bond acceptors (Lipinski definition) is 5. The second-order valence-electron chi connectivity index (χ2n) is 6.60. The summed E-state index contributed by atoms with van der Waals surface area (Å²) in [6, 6.07) is 15.3. The van der Waals surface area contributed by atoms with Gasteiger partial charge in [0.2, 0.25) is 0 Å². The van der Waals surface area contributed by atoms with E-state index in [2.05, 4.69) is 10.6 Å². The molecule has 0 radical (unpaired) electrons. The number of amides is 2. The molecule has 142 valence electrons. The summed E-state index contributed by atoms with van der Waals surface area (Å²) in [6.07, 6.45) is -4.12. The third-order valence-electron chi connectivity index (χ3n) is 4.74. The summed E-state index contributed by atoms with van der Waals surface area (Å²) >= 11 is 0. The van der Waals surface area contributed by atoms with Gasteiger partial charge in [0.05, 0.1) is 12.1 Å². The van der Waals surface area contributed by atoms with Crippen LogP contribution in [0.3, 0.4) is 0 Å². The second-order valence-corrected chi connectivity index (χ2v) is 6.60. The number of nitrogens with one attached hydrogen (secondary N) is 2. The van der Waals surface area contributed by atoms with Crippen LogP contribution in [0.5, 0.6) is 0 Å². The highest BCUT2D eigenvalue weighted by molar-refractivity contribution is 5.95. The highest BCUT2D eigenvalue weighted by Gasteiger charge is 2.43. The zero-order chi connectivity index (χ0) is 19.4. The first-order chi connectivity index (χ1) is 13.0. The van der Waals surface area contributed by atoms with Gasteiger partial charge in [-0.25, -0.2) is 0 Å². The number of carbonyl (C=O) groups is 2. The Labute approximate surface area is 156 Å². The van der Waals surface area contributed by atoms with Gasteiger partial charge in [0.25, 0.3) is 11.8 Å².